The highest BCUT2D eigenvalue weighted by Gasteiger charge is 2.14. The smallest absolute Gasteiger partial charge is 0.408 e. The first kappa shape index (κ1) is 19.3. The minimum absolute atomic E-state index is 0.152. The zero-order chi connectivity index (χ0) is 20.7. The molecule has 0 saturated carbocycles. The van der Waals surface area contributed by atoms with Gasteiger partial charge in [-0.1, -0.05) is 25.4 Å². The minimum Gasteiger partial charge on any atom is -0.408 e. The third kappa shape index (κ3) is 3.80. The highest BCUT2D eigenvalue weighted by Crippen LogP contribution is 2.24. The molecular weight excluding hydrogens is 390 g/mol. The molecule has 0 spiro atoms. The molecule has 2 heterocycles. The molecule has 2 aromatic heterocycles. The second-order valence-corrected chi connectivity index (χ2v) is 8.14. The fraction of sp³-hybridized carbons (Fsp3) is 0.273. The average Bonchev–Trinajstić information content (AvgIpc) is 2.96. The predicted octanol–water partition coefficient (Wildman–Crippen LogP) is 4.92. The molecule has 0 unspecified atom stereocenters. The van der Waals surface area contributed by atoms with Gasteiger partial charge in [0.05, 0.1) is 11.6 Å². The topological polar surface area (TPSA) is 80.0 Å². The quantitative estimate of drug-likeness (QED) is 0.488. The minimum atomic E-state index is -0.359. The van der Waals surface area contributed by atoms with Crippen molar-refractivity contribution in [2.24, 2.45) is 5.92 Å². The van der Waals surface area contributed by atoms with Gasteiger partial charge in [-0.05, 0) is 55.3 Å². The number of rotatable bonds is 5. The second-order valence-electron chi connectivity index (χ2n) is 7.71. The SMILES string of the molecule is CC(C)Cn1c(=O)oc2ccc(N[C@@H](C)c3cc4cc(Cl)ccc4[nH]c3=O)cc21. The molecule has 6 nitrogen and oxygen atoms in total. The largest absolute Gasteiger partial charge is 0.419 e. The fourth-order valence-corrected chi connectivity index (χ4v) is 3.71. The summed E-state index contributed by atoms with van der Waals surface area (Å²) in [5, 5.41) is 4.84. The lowest BCUT2D eigenvalue weighted by atomic mass is 10.1. The van der Waals surface area contributed by atoms with Gasteiger partial charge in [0.2, 0.25) is 0 Å². The van der Waals surface area contributed by atoms with Crippen LogP contribution in [0.5, 0.6) is 0 Å². The molecule has 0 saturated heterocycles. The van der Waals surface area contributed by atoms with E-state index < -0.39 is 0 Å². The van der Waals surface area contributed by atoms with Gasteiger partial charge in [-0.25, -0.2) is 4.79 Å². The normalized spacial score (nSPS) is 12.7. The van der Waals surface area contributed by atoms with Crippen LogP contribution >= 0.6 is 11.6 Å². The zero-order valence-corrected chi connectivity index (χ0v) is 17.2. The molecule has 0 aliphatic carbocycles. The number of aromatic nitrogens is 2. The van der Waals surface area contributed by atoms with Crippen molar-refractivity contribution in [2.75, 3.05) is 5.32 Å². The Kier molecular flexibility index (Phi) is 4.96. The highest BCUT2D eigenvalue weighted by molar-refractivity contribution is 6.31. The lowest BCUT2D eigenvalue weighted by Gasteiger charge is -2.16. The van der Waals surface area contributed by atoms with E-state index >= 15 is 0 Å². The third-order valence-corrected chi connectivity index (χ3v) is 5.13. The summed E-state index contributed by atoms with van der Waals surface area (Å²) >= 11 is 6.08. The van der Waals surface area contributed by atoms with E-state index in [1.165, 1.54) is 0 Å². The molecule has 0 amide bonds. The summed E-state index contributed by atoms with van der Waals surface area (Å²) < 4.78 is 6.97. The van der Waals surface area contributed by atoms with Crippen LogP contribution in [0.25, 0.3) is 22.0 Å². The van der Waals surface area contributed by atoms with E-state index in [0.717, 1.165) is 22.1 Å². The molecule has 0 aliphatic heterocycles. The van der Waals surface area contributed by atoms with Crippen molar-refractivity contribution in [1.29, 1.82) is 0 Å². The standard InChI is InChI=1S/C22H22ClN3O3/c1-12(2)11-26-19-10-16(5-7-20(19)29-22(26)28)24-13(3)17-9-14-8-15(23)4-6-18(14)25-21(17)27/h4-10,12-13,24H,11H2,1-3H3,(H,25,27)/t13-/m0/s1. The lowest BCUT2D eigenvalue weighted by Crippen LogP contribution is -2.19. The summed E-state index contributed by atoms with van der Waals surface area (Å²) in [6, 6.07) is 12.5. The van der Waals surface area contributed by atoms with Crippen LogP contribution in [0.4, 0.5) is 5.69 Å². The molecule has 2 aromatic carbocycles. The summed E-state index contributed by atoms with van der Waals surface area (Å²) in [7, 11) is 0. The summed E-state index contributed by atoms with van der Waals surface area (Å²) in [6.07, 6.45) is 0. The molecule has 7 heteroatoms. The highest BCUT2D eigenvalue weighted by atomic mass is 35.5. The Labute approximate surface area is 172 Å². The van der Waals surface area contributed by atoms with Crippen LogP contribution in [0.1, 0.15) is 32.4 Å². The number of fused-ring (bicyclic) bond motifs is 2. The Morgan fingerprint density at radius 1 is 1.10 bits per heavy atom. The Morgan fingerprint density at radius 2 is 1.90 bits per heavy atom. The number of halogens is 1. The Morgan fingerprint density at radius 3 is 2.66 bits per heavy atom. The van der Waals surface area contributed by atoms with Crippen molar-refractivity contribution in [2.45, 2.75) is 33.4 Å². The Hall–Kier alpha value is -2.99. The number of pyridine rings is 1. The molecule has 0 fully saturated rings. The van der Waals surface area contributed by atoms with Crippen LogP contribution in [0.2, 0.25) is 5.02 Å². The summed E-state index contributed by atoms with van der Waals surface area (Å²) in [6.45, 7) is 6.60. The summed E-state index contributed by atoms with van der Waals surface area (Å²) in [4.78, 5) is 27.6. The second kappa shape index (κ2) is 7.44. The van der Waals surface area contributed by atoms with E-state index in [1.54, 1.807) is 22.8 Å². The maximum Gasteiger partial charge on any atom is 0.419 e. The fourth-order valence-electron chi connectivity index (χ4n) is 3.53. The van der Waals surface area contributed by atoms with E-state index in [4.69, 9.17) is 16.0 Å². The van der Waals surface area contributed by atoms with Gasteiger partial charge in [0.15, 0.2) is 5.58 Å². The van der Waals surface area contributed by atoms with E-state index in [9.17, 15) is 9.59 Å². The van der Waals surface area contributed by atoms with Crippen LogP contribution < -0.4 is 16.6 Å². The van der Waals surface area contributed by atoms with Crippen LogP contribution in [0.3, 0.4) is 0 Å². The molecular formula is C22H22ClN3O3. The van der Waals surface area contributed by atoms with Crippen molar-refractivity contribution in [3.63, 3.8) is 0 Å². The first-order chi connectivity index (χ1) is 13.8. The van der Waals surface area contributed by atoms with Gasteiger partial charge < -0.3 is 14.7 Å². The number of nitrogens with zero attached hydrogens (tertiary/aromatic N) is 1. The molecule has 150 valence electrons. The van der Waals surface area contributed by atoms with Crippen molar-refractivity contribution >= 4 is 39.3 Å². The number of hydrogen-bond acceptors (Lipinski definition) is 4. The van der Waals surface area contributed by atoms with Crippen molar-refractivity contribution < 1.29 is 4.42 Å². The van der Waals surface area contributed by atoms with E-state index in [2.05, 4.69) is 10.3 Å². The number of H-pyrrole nitrogens is 1. The van der Waals surface area contributed by atoms with Gasteiger partial charge in [0.25, 0.3) is 5.56 Å². The van der Waals surface area contributed by atoms with Gasteiger partial charge in [0, 0.05) is 33.7 Å². The van der Waals surface area contributed by atoms with Gasteiger partial charge in [0.1, 0.15) is 0 Å². The average molecular weight is 412 g/mol. The summed E-state index contributed by atoms with van der Waals surface area (Å²) in [5.74, 6) is -0.0474. The molecule has 4 aromatic rings. The molecule has 4 rings (SSSR count). The predicted molar refractivity (Wildman–Crippen MR) is 117 cm³/mol. The molecule has 0 bridgehead atoms. The van der Waals surface area contributed by atoms with E-state index in [0.29, 0.717) is 28.6 Å². The zero-order valence-electron chi connectivity index (χ0n) is 16.5. The van der Waals surface area contributed by atoms with Crippen LogP contribution in [0.15, 0.2) is 56.5 Å². The number of aromatic amines is 1. The number of anilines is 1. The lowest BCUT2D eigenvalue weighted by molar-refractivity contribution is 0.458. The van der Waals surface area contributed by atoms with Crippen LogP contribution in [0, 0.1) is 5.92 Å². The van der Waals surface area contributed by atoms with Crippen molar-refractivity contribution in [3.05, 3.63) is 74.0 Å². The maximum atomic E-state index is 12.6. The third-order valence-electron chi connectivity index (χ3n) is 4.90. The van der Waals surface area contributed by atoms with Crippen molar-refractivity contribution in [1.82, 2.24) is 9.55 Å². The molecule has 1 atom stereocenters. The monoisotopic (exact) mass is 411 g/mol. The van der Waals surface area contributed by atoms with Crippen molar-refractivity contribution in [3.8, 4) is 0 Å². The van der Waals surface area contributed by atoms with Crippen LogP contribution in [-0.2, 0) is 6.54 Å². The van der Waals surface area contributed by atoms with Gasteiger partial charge in [-0.2, -0.15) is 0 Å². The van der Waals surface area contributed by atoms with E-state index in [1.807, 2.05) is 45.0 Å². The molecule has 0 radical (unpaired) electrons. The number of nitrogens with one attached hydrogen (secondary N) is 2. The number of hydrogen-bond donors (Lipinski definition) is 2. The number of benzene rings is 2. The maximum absolute atomic E-state index is 12.6. The van der Waals surface area contributed by atoms with Gasteiger partial charge in [-0.3, -0.25) is 9.36 Å². The van der Waals surface area contributed by atoms with E-state index in [-0.39, 0.29) is 17.4 Å². The van der Waals surface area contributed by atoms with Crippen LogP contribution in [-0.4, -0.2) is 9.55 Å². The molecule has 29 heavy (non-hydrogen) atoms. The van der Waals surface area contributed by atoms with Gasteiger partial charge >= 0.3 is 5.76 Å². The first-order valence-electron chi connectivity index (χ1n) is 9.54. The summed E-state index contributed by atoms with van der Waals surface area (Å²) in [5.41, 5.74) is 3.28. The Bertz CT molecular complexity index is 1320. The Balaban J connectivity index is 1.69. The molecule has 0 aliphatic rings. The first-order valence-corrected chi connectivity index (χ1v) is 9.92. The van der Waals surface area contributed by atoms with Gasteiger partial charge in [-0.15, -0.1) is 0 Å². The molecule has 2 N–H and O–H groups in total. The number of oxazole rings is 1.